The molecule has 0 saturated heterocycles. The molecule has 44 valence electrons. The molecule has 0 amide bonds. The van der Waals surface area contributed by atoms with Crippen LogP contribution in [-0.4, -0.2) is 19.5 Å². The summed E-state index contributed by atoms with van der Waals surface area (Å²) in [5.41, 5.74) is 0. The lowest BCUT2D eigenvalue weighted by atomic mass is 10.8. The van der Waals surface area contributed by atoms with Gasteiger partial charge in [0.25, 0.3) is 0 Å². The van der Waals surface area contributed by atoms with Crippen molar-refractivity contribution in [3.05, 3.63) is 0 Å². The third-order valence-electron chi connectivity index (χ3n) is 0.394. The summed E-state index contributed by atoms with van der Waals surface area (Å²) >= 11 is 5.32. The quantitative estimate of drug-likeness (QED) is 0.358. The van der Waals surface area contributed by atoms with E-state index in [0.717, 1.165) is 6.54 Å². The summed E-state index contributed by atoms with van der Waals surface area (Å²) in [6, 6.07) is 0. The maximum atomic E-state index is 5.32. The minimum atomic E-state index is 0.387. The van der Waals surface area contributed by atoms with E-state index in [2.05, 4.69) is 5.09 Å². The summed E-state index contributed by atoms with van der Waals surface area (Å²) in [4.78, 5) is 0. The maximum Gasteiger partial charge on any atom is 0.0857 e. The molecular formula is C3H9ClNOP. The van der Waals surface area contributed by atoms with Gasteiger partial charge in [0.05, 0.1) is 8.96 Å². The summed E-state index contributed by atoms with van der Waals surface area (Å²) in [5.74, 6) is 0.649. The molecule has 2 nitrogen and oxygen atoms in total. The minimum absolute atomic E-state index is 0.387. The second kappa shape index (κ2) is 6.64. The van der Waals surface area contributed by atoms with Gasteiger partial charge in [-0.05, 0) is 0 Å². The van der Waals surface area contributed by atoms with Crippen molar-refractivity contribution in [1.82, 2.24) is 5.09 Å². The zero-order chi connectivity index (χ0) is 5.54. The van der Waals surface area contributed by atoms with Crippen molar-refractivity contribution in [3.8, 4) is 0 Å². The molecule has 0 aliphatic heterocycles. The first-order valence-electron chi connectivity index (χ1n) is 1.98. The van der Waals surface area contributed by atoms with Crippen LogP contribution in [0.1, 0.15) is 0 Å². The number of rotatable bonds is 4. The molecule has 0 aromatic heterocycles. The van der Waals surface area contributed by atoms with E-state index in [9.17, 15) is 0 Å². The fourth-order valence-electron chi connectivity index (χ4n) is 0.170. The lowest BCUT2D eigenvalue weighted by molar-refractivity contribution is 0.468. The van der Waals surface area contributed by atoms with Gasteiger partial charge in [-0.3, -0.25) is 5.09 Å². The van der Waals surface area contributed by atoms with Crippen LogP contribution in [-0.2, 0) is 4.52 Å². The third kappa shape index (κ3) is 6.64. The first-order valence-corrected chi connectivity index (χ1v) is 3.43. The lowest BCUT2D eigenvalue weighted by Gasteiger charge is -1.95. The molecular weight excluding hydrogens is 132 g/mol. The number of hydrogen-bond acceptors (Lipinski definition) is 2. The number of hydrogen-bond donors (Lipinski definition) is 1. The topological polar surface area (TPSA) is 21.3 Å². The van der Waals surface area contributed by atoms with Crippen LogP contribution in [0.3, 0.4) is 0 Å². The van der Waals surface area contributed by atoms with Gasteiger partial charge in [0.2, 0.25) is 0 Å². The van der Waals surface area contributed by atoms with Crippen molar-refractivity contribution < 1.29 is 4.52 Å². The molecule has 0 aromatic carbocycles. The summed E-state index contributed by atoms with van der Waals surface area (Å²) in [5, 5.41) is 2.96. The lowest BCUT2D eigenvalue weighted by Crippen LogP contribution is -2.03. The van der Waals surface area contributed by atoms with Gasteiger partial charge in [0.1, 0.15) is 0 Å². The van der Waals surface area contributed by atoms with Gasteiger partial charge in [-0.15, -0.1) is 11.6 Å². The summed E-state index contributed by atoms with van der Waals surface area (Å²) < 4.78 is 4.70. The van der Waals surface area contributed by atoms with Crippen molar-refractivity contribution >= 4 is 20.6 Å². The molecule has 0 bridgehead atoms. The average Bonchev–Trinajstić information content (AvgIpc) is 1.69. The largest absolute Gasteiger partial charge is 0.350 e. The Labute approximate surface area is 50.5 Å². The monoisotopic (exact) mass is 141 g/mol. The van der Waals surface area contributed by atoms with E-state index in [0.29, 0.717) is 14.8 Å². The van der Waals surface area contributed by atoms with Gasteiger partial charge in [-0.1, -0.05) is 0 Å². The van der Waals surface area contributed by atoms with Gasteiger partial charge in [-0.2, -0.15) is 0 Å². The number of nitrogens with one attached hydrogen (secondary N) is 1. The highest BCUT2D eigenvalue weighted by Crippen LogP contribution is 1.99. The molecule has 0 saturated carbocycles. The number of alkyl halides is 1. The first-order chi connectivity index (χ1) is 3.41. The van der Waals surface area contributed by atoms with Crippen LogP contribution in [0, 0.1) is 0 Å². The second-order valence-corrected chi connectivity index (χ2v) is 2.27. The molecule has 7 heavy (non-hydrogen) atoms. The molecule has 4 heteroatoms. The first kappa shape index (κ1) is 7.64. The van der Waals surface area contributed by atoms with E-state index in [1.54, 1.807) is 7.11 Å². The van der Waals surface area contributed by atoms with Crippen molar-refractivity contribution in [1.29, 1.82) is 0 Å². The highest BCUT2D eigenvalue weighted by Gasteiger charge is 1.77. The number of halogens is 1. The Kier molecular flexibility index (Phi) is 7.25. The summed E-state index contributed by atoms with van der Waals surface area (Å²) in [7, 11) is 2.04. The second-order valence-electron chi connectivity index (χ2n) is 0.922. The molecule has 0 aliphatic rings. The Hall–Kier alpha value is 0.640. The van der Waals surface area contributed by atoms with Gasteiger partial charge in [-0.25, -0.2) is 0 Å². The SMILES string of the molecule is COPNCCCl. The van der Waals surface area contributed by atoms with Gasteiger partial charge < -0.3 is 4.52 Å². The Morgan fingerprint density at radius 1 is 1.86 bits per heavy atom. The van der Waals surface area contributed by atoms with Gasteiger partial charge in [0.15, 0.2) is 0 Å². The molecule has 0 aromatic rings. The fourth-order valence-corrected chi connectivity index (χ4v) is 0.795. The normalized spacial score (nSPS) is 11.1. The zero-order valence-corrected chi connectivity index (χ0v) is 5.96. The molecule has 0 aliphatic carbocycles. The zero-order valence-electron chi connectivity index (χ0n) is 4.20. The van der Waals surface area contributed by atoms with Crippen molar-refractivity contribution in [2.45, 2.75) is 0 Å². The maximum absolute atomic E-state index is 5.32. The predicted molar refractivity (Wildman–Crippen MR) is 34.0 cm³/mol. The molecule has 0 spiro atoms. The Bertz CT molecular complexity index is 34.1. The van der Waals surface area contributed by atoms with Crippen LogP contribution in [0.25, 0.3) is 0 Å². The predicted octanol–water partition coefficient (Wildman–Crippen LogP) is 0.970. The van der Waals surface area contributed by atoms with E-state index < -0.39 is 0 Å². The van der Waals surface area contributed by atoms with E-state index in [4.69, 9.17) is 16.1 Å². The van der Waals surface area contributed by atoms with Crippen LogP contribution < -0.4 is 5.09 Å². The van der Waals surface area contributed by atoms with Crippen molar-refractivity contribution in [3.63, 3.8) is 0 Å². The van der Waals surface area contributed by atoms with Crippen molar-refractivity contribution in [2.75, 3.05) is 19.5 Å². The summed E-state index contributed by atoms with van der Waals surface area (Å²) in [6.07, 6.45) is 0. The highest BCUT2D eigenvalue weighted by molar-refractivity contribution is 7.29. The van der Waals surface area contributed by atoms with Crippen LogP contribution in [0.15, 0.2) is 0 Å². The Balaban J connectivity index is 2.45. The van der Waals surface area contributed by atoms with E-state index in [-0.39, 0.29) is 0 Å². The molecule has 1 unspecified atom stereocenters. The van der Waals surface area contributed by atoms with E-state index in [1.807, 2.05) is 0 Å². The third-order valence-corrected chi connectivity index (χ3v) is 1.18. The van der Waals surface area contributed by atoms with Crippen LogP contribution in [0.5, 0.6) is 0 Å². The van der Waals surface area contributed by atoms with Crippen LogP contribution in [0.2, 0.25) is 0 Å². The highest BCUT2D eigenvalue weighted by atomic mass is 35.5. The van der Waals surface area contributed by atoms with Crippen LogP contribution in [0.4, 0.5) is 0 Å². The molecule has 0 fully saturated rings. The van der Waals surface area contributed by atoms with Crippen LogP contribution >= 0.6 is 20.6 Å². The van der Waals surface area contributed by atoms with Gasteiger partial charge in [0, 0.05) is 19.5 Å². The molecule has 0 radical (unpaired) electrons. The average molecular weight is 142 g/mol. The summed E-state index contributed by atoms with van der Waals surface area (Å²) in [6.45, 7) is 0.827. The fraction of sp³-hybridized carbons (Fsp3) is 1.00. The van der Waals surface area contributed by atoms with E-state index in [1.165, 1.54) is 0 Å². The molecule has 0 rings (SSSR count). The smallest absolute Gasteiger partial charge is 0.0857 e. The minimum Gasteiger partial charge on any atom is -0.350 e. The standard InChI is InChI=1S/C3H9ClNOP/c1-6-7-5-3-2-4/h5,7H,2-3H2,1H3. The molecule has 0 heterocycles. The van der Waals surface area contributed by atoms with Crippen molar-refractivity contribution in [2.24, 2.45) is 0 Å². The molecule has 1 N–H and O–H groups in total. The van der Waals surface area contributed by atoms with Gasteiger partial charge >= 0.3 is 0 Å². The van der Waals surface area contributed by atoms with E-state index >= 15 is 0 Å². The Morgan fingerprint density at radius 2 is 2.57 bits per heavy atom. The Morgan fingerprint density at radius 3 is 3.00 bits per heavy atom. The molecule has 1 atom stereocenters.